The number of likely N-dealkylation sites (N-methyl/N-ethyl adjacent to an activating group) is 1. The summed E-state index contributed by atoms with van der Waals surface area (Å²) in [5, 5.41) is 1.03. The lowest BCUT2D eigenvalue weighted by Gasteiger charge is -2.21. The van der Waals surface area contributed by atoms with Gasteiger partial charge in [-0.2, -0.15) is 5.06 Å². The normalized spacial score (nSPS) is 17.5. The number of carbonyl (C=O) groups excluding carboxylic acids is 1. The second kappa shape index (κ2) is 5.25. The molecule has 0 radical (unpaired) electrons. The maximum absolute atomic E-state index is 14.0. The van der Waals surface area contributed by atoms with E-state index in [4.69, 9.17) is 4.84 Å². The average molecular weight is 305 g/mol. The number of hydrogen-bond donors (Lipinski definition) is 0. The molecule has 2 aliphatic rings. The van der Waals surface area contributed by atoms with E-state index < -0.39 is 11.6 Å². The minimum Gasteiger partial charge on any atom is -0.377 e. The molecule has 0 bridgehead atoms. The molecule has 1 aromatic rings. The average Bonchev–Trinajstić information content (AvgIpc) is 2.77. The number of fused-ring (bicyclic) bond motifs is 1. The van der Waals surface area contributed by atoms with Gasteiger partial charge in [-0.3, -0.25) is 9.79 Å². The summed E-state index contributed by atoms with van der Waals surface area (Å²) in [6.07, 6.45) is 2.95. The van der Waals surface area contributed by atoms with Crippen LogP contribution in [0.4, 0.5) is 14.5 Å². The molecule has 0 N–H and O–H groups in total. The largest absolute Gasteiger partial charge is 0.377 e. The Morgan fingerprint density at radius 2 is 1.95 bits per heavy atom. The van der Waals surface area contributed by atoms with E-state index in [1.54, 1.807) is 7.05 Å². The maximum Gasteiger partial charge on any atom is 0.269 e. The van der Waals surface area contributed by atoms with Crippen molar-refractivity contribution in [1.29, 1.82) is 0 Å². The molecule has 2 aliphatic heterocycles. The molecule has 5 nitrogen and oxygen atoms in total. The van der Waals surface area contributed by atoms with Gasteiger partial charge in [-0.1, -0.05) is 13.0 Å². The predicted octanol–water partition coefficient (Wildman–Crippen LogP) is 2.72. The number of rotatable bonds is 2. The van der Waals surface area contributed by atoms with Crippen LogP contribution in [0.5, 0.6) is 0 Å². The second-order valence-corrected chi connectivity index (χ2v) is 4.77. The van der Waals surface area contributed by atoms with Gasteiger partial charge in [0.15, 0.2) is 23.1 Å². The third kappa shape index (κ3) is 2.05. The zero-order chi connectivity index (χ0) is 15.9. The highest BCUT2D eigenvalue weighted by Crippen LogP contribution is 2.39. The quantitative estimate of drug-likeness (QED) is 0.844. The van der Waals surface area contributed by atoms with E-state index in [2.05, 4.69) is 4.99 Å². The van der Waals surface area contributed by atoms with Crippen LogP contribution in [0.25, 0.3) is 0 Å². The third-order valence-electron chi connectivity index (χ3n) is 3.44. The fraction of sp³-hybridized carbons (Fsp3) is 0.200. The van der Waals surface area contributed by atoms with Gasteiger partial charge in [0, 0.05) is 13.5 Å². The Balaban J connectivity index is 2.14. The van der Waals surface area contributed by atoms with Crippen molar-refractivity contribution < 1.29 is 18.4 Å². The summed E-state index contributed by atoms with van der Waals surface area (Å²) < 4.78 is 28.1. The van der Waals surface area contributed by atoms with Crippen LogP contribution in [0.15, 0.2) is 46.5 Å². The molecule has 1 aromatic carbocycles. The van der Waals surface area contributed by atoms with Gasteiger partial charge in [-0.25, -0.2) is 8.78 Å². The number of nitrogens with zero attached hydrogens (tertiary/aromatic N) is 3. The first kappa shape index (κ1) is 14.2. The van der Waals surface area contributed by atoms with Gasteiger partial charge in [0.05, 0.1) is 12.4 Å². The minimum absolute atomic E-state index is 0.311. The molecule has 0 saturated heterocycles. The molecule has 0 unspecified atom stereocenters. The highest BCUT2D eigenvalue weighted by molar-refractivity contribution is 6.27. The number of benzene rings is 1. The van der Waals surface area contributed by atoms with Gasteiger partial charge in [0.1, 0.15) is 11.4 Å². The maximum atomic E-state index is 14.0. The van der Waals surface area contributed by atoms with E-state index in [-0.39, 0.29) is 11.6 Å². The Bertz CT molecular complexity index is 720. The molecule has 2 heterocycles. The smallest absolute Gasteiger partial charge is 0.269 e. The van der Waals surface area contributed by atoms with Crippen molar-refractivity contribution >= 4 is 17.8 Å². The van der Waals surface area contributed by atoms with Gasteiger partial charge in [-0.05, 0) is 12.1 Å². The Hall–Kier alpha value is -2.70. The van der Waals surface area contributed by atoms with Crippen molar-refractivity contribution in [2.45, 2.75) is 13.3 Å². The van der Waals surface area contributed by atoms with Gasteiger partial charge in [0.2, 0.25) is 0 Å². The highest BCUT2D eigenvalue weighted by Gasteiger charge is 2.37. The van der Waals surface area contributed by atoms with Crippen LogP contribution in [-0.2, 0) is 9.63 Å². The van der Waals surface area contributed by atoms with E-state index in [1.165, 1.54) is 17.2 Å². The Morgan fingerprint density at radius 1 is 1.27 bits per heavy atom. The molecule has 1 amide bonds. The molecular weight excluding hydrogens is 292 g/mol. The van der Waals surface area contributed by atoms with Crippen LogP contribution in [0.1, 0.15) is 13.3 Å². The van der Waals surface area contributed by atoms with Crippen molar-refractivity contribution in [3.63, 3.8) is 0 Å². The van der Waals surface area contributed by atoms with Crippen LogP contribution in [0.2, 0.25) is 0 Å². The number of carbonyl (C=O) groups is 1. The molecule has 22 heavy (non-hydrogen) atoms. The summed E-state index contributed by atoms with van der Waals surface area (Å²) >= 11 is 0. The lowest BCUT2D eigenvalue weighted by molar-refractivity contribution is -0.120. The highest BCUT2D eigenvalue weighted by atomic mass is 19.1. The molecule has 3 rings (SSSR count). The minimum atomic E-state index is -0.764. The van der Waals surface area contributed by atoms with Gasteiger partial charge in [0.25, 0.3) is 5.91 Å². The standard InChI is InChI=1S/C15H13F2N3O2/c1-3-12-15-11(7-18-8-13(21)19(15)2)20(22-12)14-9(16)5-4-6-10(14)17/h4-8H,3H2,1-2H3. The van der Waals surface area contributed by atoms with Crippen LogP contribution >= 0.6 is 0 Å². The van der Waals surface area contributed by atoms with E-state index in [9.17, 15) is 13.6 Å². The second-order valence-electron chi connectivity index (χ2n) is 4.77. The summed E-state index contributed by atoms with van der Waals surface area (Å²) in [6, 6.07) is 3.55. The molecule has 0 fully saturated rings. The first-order valence-corrected chi connectivity index (χ1v) is 6.71. The van der Waals surface area contributed by atoms with E-state index >= 15 is 0 Å². The van der Waals surface area contributed by atoms with Crippen molar-refractivity contribution in [1.82, 2.24) is 4.90 Å². The Morgan fingerprint density at radius 3 is 2.59 bits per heavy atom. The number of allylic oxidation sites excluding steroid dienone is 1. The van der Waals surface area contributed by atoms with E-state index in [1.807, 2.05) is 6.92 Å². The first-order chi connectivity index (χ1) is 10.5. The van der Waals surface area contributed by atoms with Crippen LogP contribution in [0.3, 0.4) is 0 Å². The number of para-hydroxylation sites is 1. The number of hydroxylamine groups is 1. The lowest BCUT2D eigenvalue weighted by Crippen LogP contribution is -2.28. The predicted molar refractivity (Wildman–Crippen MR) is 76.6 cm³/mol. The van der Waals surface area contributed by atoms with Gasteiger partial charge < -0.3 is 9.74 Å². The fourth-order valence-electron chi connectivity index (χ4n) is 2.36. The Kier molecular flexibility index (Phi) is 3.40. The SMILES string of the molecule is CCC1=C2C(=CN=CC(=O)N2C)N(c2c(F)cccc2F)O1. The summed E-state index contributed by atoms with van der Waals surface area (Å²) in [6.45, 7) is 1.82. The molecular formula is C15H13F2N3O2. The summed E-state index contributed by atoms with van der Waals surface area (Å²) in [5.74, 6) is -1.43. The summed E-state index contributed by atoms with van der Waals surface area (Å²) in [5.41, 5.74) is 0.422. The van der Waals surface area contributed by atoms with Gasteiger partial charge >= 0.3 is 0 Å². The topological polar surface area (TPSA) is 45.1 Å². The molecule has 0 aliphatic carbocycles. The number of amides is 1. The van der Waals surface area contributed by atoms with Crippen molar-refractivity contribution in [3.05, 3.63) is 53.2 Å². The summed E-state index contributed by atoms with van der Waals surface area (Å²) in [4.78, 5) is 22.7. The van der Waals surface area contributed by atoms with Crippen LogP contribution in [-0.4, -0.2) is 24.1 Å². The molecule has 7 heteroatoms. The monoisotopic (exact) mass is 305 g/mol. The van der Waals surface area contributed by atoms with Crippen molar-refractivity contribution in [3.8, 4) is 0 Å². The van der Waals surface area contributed by atoms with Crippen LogP contribution < -0.4 is 5.06 Å². The first-order valence-electron chi connectivity index (χ1n) is 6.71. The number of hydrogen-bond acceptors (Lipinski definition) is 4. The fourth-order valence-corrected chi connectivity index (χ4v) is 2.36. The number of aliphatic imine (C=N–C) groups is 1. The van der Waals surface area contributed by atoms with E-state index in [0.717, 1.165) is 23.4 Å². The van der Waals surface area contributed by atoms with Crippen LogP contribution in [0, 0.1) is 11.6 Å². The zero-order valence-electron chi connectivity index (χ0n) is 12.0. The zero-order valence-corrected chi connectivity index (χ0v) is 12.0. The molecule has 0 saturated carbocycles. The molecule has 0 aromatic heterocycles. The Labute approximate surface area is 125 Å². The molecule has 114 valence electrons. The molecule has 0 spiro atoms. The number of anilines is 1. The lowest BCUT2D eigenvalue weighted by atomic mass is 10.2. The molecule has 0 atom stereocenters. The van der Waals surface area contributed by atoms with Crippen molar-refractivity contribution in [2.24, 2.45) is 4.99 Å². The van der Waals surface area contributed by atoms with E-state index in [0.29, 0.717) is 23.6 Å². The van der Waals surface area contributed by atoms with Crippen molar-refractivity contribution in [2.75, 3.05) is 12.1 Å². The third-order valence-corrected chi connectivity index (χ3v) is 3.44. The van der Waals surface area contributed by atoms with Gasteiger partial charge in [-0.15, -0.1) is 0 Å². The number of halogens is 2. The summed E-state index contributed by atoms with van der Waals surface area (Å²) in [7, 11) is 1.56.